The monoisotopic (exact) mass is 298 g/mol. The third kappa shape index (κ3) is 2.66. The first kappa shape index (κ1) is 16.2. The quantitative estimate of drug-likeness (QED) is 0.815. The highest BCUT2D eigenvalue weighted by atomic mass is 16.5. The van der Waals surface area contributed by atoms with Crippen LogP contribution in [0.2, 0.25) is 0 Å². The fourth-order valence-corrected chi connectivity index (χ4v) is 2.47. The van der Waals surface area contributed by atoms with E-state index >= 15 is 0 Å². The molecule has 0 amide bonds. The van der Waals surface area contributed by atoms with Gasteiger partial charge in [-0.25, -0.2) is 9.98 Å². The Balaban J connectivity index is 2.28. The van der Waals surface area contributed by atoms with Crippen LogP contribution < -0.4 is 0 Å². The lowest BCUT2D eigenvalue weighted by Crippen LogP contribution is -2.41. The van der Waals surface area contributed by atoms with Crippen LogP contribution in [0.1, 0.15) is 41.5 Å². The van der Waals surface area contributed by atoms with E-state index in [0.717, 1.165) is 0 Å². The second-order valence-corrected chi connectivity index (χ2v) is 7.30. The van der Waals surface area contributed by atoms with Crippen molar-refractivity contribution in [1.82, 2.24) is 0 Å². The molecule has 0 saturated carbocycles. The van der Waals surface area contributed by atoms with E-state index in [-0.39, 0.29) is 25.3 Å². The van der Waals surface area contributed by atoms with Crippen LogP contribution in [0.25, 0.3) is 0 Å². The third-order valence-corrected chi connectivity index (χ3v) is 4.29. The van der Waals surface area contributed by atoms with E-state index in [9.17, 15) is 10.2 Å². The SMILES string of the molecule is CC(C)(C1=N[C@H](CO)C(C)(C)O1)C1=N[C@H](CO)C(C)(C)O1. The van der Waals surface area contributed by atoms with Crippen molar-refractivity contribution < 1.29 is 19.7 Å². The summed E-state index contributed by atoms with van der Waals surface area (Å²) < 4.78 is 11.9. The lowest BCUT2D eigenvalue weighted by Gasteiger charge is -2.30. The van der Waals surface area contributed by atoms with Gasteiger partial charge in [-0.3, -0.25) is 0 Å². The van der Waals surface area contributed by atoms with Gasteiger partial charge in [0.05, 0.1) is 13.2 Å². The average molecular weight is 298 g/mol. The second-order valence-electron chi connectivity index (χ2n) is 7.30. The van der Waals surface area contributed by atoms with E-state index < -0.39 is 16.6 Å². The van der Waals surface area contributed by atoms with E-state index in [0.29, 0.717) is 11.8 Å². The van der Waals surface area contributed by atoms with Gasteiger partial charge in [0.2, 0.25) is 0 Å². The molecule has 0 aliphatic carbocycles. The highest BCUT2D eigenvalue weighted by Crippen LogP contribution is 2.38. The molecule has 0 aromatic heterocycles. The maximum atomic E-state index is 9.43. The van der Waals surface area contributed by atoms with Crippen molar-refractivity contribution in [1.29, 1.82) is 0 Å². The summed E-state index contributed by atoms with van der Waals surface area (Å²) in [4.78, 5) is 8.99. The highest BCUT2D eigenvalue weighted by molar-refractivity contribution is 6.05. The maximum Gasteiger partial charge on any atom is 0.199 e. The van der Waals surface area contributed by atoms with E-state index in [4.69, 9.17) is 9.47 Å². The van der Waals surface area contributed by atoms with Gasteiger partial charge in [-0.2, -0.15) is 0 Å². The maximum absolute atomic E-state index is 9.43. The summed E-state index contributed by atoms with van der Waals surface area (Å²) in [7, 11) is 0. The molecule has 2 heterocycles. The van der Waals surface area contributed by atoms with Crippen molar-refractivity contribution >= 4 is 11.8 Å². The first-order chi connectivity index (χ1) is 9.54. The first-order valence-corrected chi connectivity index (χ1v) is 7.31. The Morgan fingerprint density at radius 3 is 1.48 bits per heavy atom. The van der Waals surface area contributed by atoms with Crippen molar-refractivity contribution in [2.45, 2.75) is 64.8 Å². The van der Waals surface area contributed by atoms with Crippen LogP contribution in [0.5, 0.6) is 0 Å². The van der Waals surface area contributed by atoms with Crippen molar-refractivity contribution in [3.05, 3.63) is 0 Å². The molecule has 2 aliphatic rings. The molecule has 2 rings (SSSR count). The van der Waals surface area contributed by atoms with Crippen LogP contribution in [0.3, 0.4) is 0 Å². The largest absolute Gasteiger partial charge is 0.472 e. The topological polar surface area (TPSA) is 83.6 Å². The zero-order chi connectivity index (χ0) is 16.1. The summed E-state index contributed by atoms with van der Waals surface area (Å²) in [5.74, 6) is 1.03. The number of aliphatic imine (C=N–C) groups is 2. The normalized spacial score (nSPS) is 30.5. The predicted octanol–water partition coefficient (Wildman–Crippen LogP) is 1.15. The predicted molar refractivity (Wildman–Crippen MR) is 80.7 cm³/mol. The van der Waals surface area contributed by atoms with Gasteiger partial charge in [0.15, 0.2) is 11.8 Å². The second kappa shape index (κ2) is 4.95. The van der Waals surface area contributed by atoms with Gasteiger partial charge in [-0.1, -0.05) is 0 Å². The third-order valence-electron chi connectivity index (χ3n) is 4.29. The Labute approximate surface area is 125 Å². The Morgan fingerprint density at radius 1 is 0.905 bits per heavy atom. The van der Waals surface area contributed by atoms with Gasteiger partial charge in [-0.05, 0) is 41.5 Å². The Bertz CT molecular complexity index is 438. The standard InChI is InChI=1S/C15H26N2O4/c1-13(2,11-16-9(7-18)14(3,4)20-11)12-17-10(8-19)15(5,6)21-12/h9-10,18-19H,7-8H2,1-6H3/t9-,10-/m1/s1. The Hall–Kier alpha value is -1.14. The Morgan fingerprint density at radius 2 is 1.24 bits per heavy atom. The zero-order valence-electron chi connectivity index (χ0n) is 13.7. The van der Waals surface area contributed by atoms with Crippen molar-refractivity contribution in [2.24, 2.45) is 15.4 Å². The van der Waals surface area contributed by atoms with Crippen molar-refractivity contribution in [3.63, 3.8) is 0 Å². The minimum atomic E-state index is -0.637. The van der Waals surface area contributed by atoms with E-state index in [1.807, 2.05) is 41.5 Å². The molecule has 0 saturated heterocycles. The van der Waals surface area contributed by atoms with Gasteiger partial charge in [-0.15, -0.1) is 0 Å². The molecule has 0 spiro atoms. The summed E-state index contributed by atoms with van der Waals surface area (Å²) in [5.41, 5.74) is -1.73. The minimum Gasteiger partial charge on any atom is -0.472 e. The lowest BCUT2D eigenvalue weighted by atomic mass is 9.93. The van der Waals surface area contributed by atoms with Crippen LogP contribution in [0.4, 0.5) is 0 Å². The van der Waals surface area contributed by atoms with E-state index in [1.165, 1.54) is 0 Å². The number of nitrogens with zero attached hydrogens (tertiary/aromatic N) is 2. The van der Waals surface area contributed by atoms with Crippen LogP contribution >= 0.6 is 0 Å². The fourth-order valence-electron chi connectivity index (χ4n) is 2.47. The molecule has 2 N–H and O–H groups in total. The van der Waals surface area contributed by atoms with E-state index in [1.54, 1.807) is 0 Å². The fraction of sp³-hybridized carbons (Fsp3) is 0.867. The molecule has 0 aromatic carbocycles. The van der Waals surface area contributed by atoms with Gasteiger partial charge >= 0.3 is 0 Å². The summed E-state index contributed by atoms with van der Waals surface area (Å²) >= 11 is 0. The molecule has 120 valence electrons. The average Bonchev–Trinajstić information content (AvgIpc) is 2.85. The number of ether oxygens (including phenoxy) is 2. The smallest absolute Gasteiger partial charge is 0.199 e. The number of aliphatic hydroxyl groups is 2. The summed E-state index contributed by atoms with van der Waals surface area (Å²) in [5, 5.41) is 18.9. The zero-order valence-corrected chi connectivity index (χ0v) is 13.7. The summed E-state index contributed by atoms with van der Waals surface area (Å²) in [6.45, 7) is 11.3. The van der Waals surface area contributed by atoms with Crippen LogP contribution in [-0.4, -0.2) is 58.5 Å². The summed E-state index contributed by atoms with van der Waals surface area (Å²) in [6.07, 6.45) is 0. The molecular weight excluding hydrogens is 272 g/mol. The van der Waals surface area contributed by atoms with Crippen LogP contribution in [-0.2, 0) is 9.47 Å². The molecule has 0 aromatic rings. The molecule has 2 aliphatic heterocycles. The van der Waals surface area contributed by atoms with Crippen LogP contribution in [0, 0.1) is 5.41 Å². The number of hydrogen-bond donors (Lipinski definition) is 2. The van der Waals surface area contributed by atoms with Gasteiger partial charge in [0.25, 0.3) is 0 Å². The molecule has 0 radical (unpaired) electrons. The first-order valence-electron chi connectivity index (χ1n) is 7.31. The molecule has 0 bridgehead atoms. The van der Waals surface area contributed by atoms with Gasteiger partial charge in [0.1, 0.15) is 28.7 Å². The molecule has 2 atom stereocenters. The van der Waals surface area contributed by atoms with E-state index in [2.05, 4.69) is 9.98 Å². The number of aliphatic hydroxyl groups excluding tert-OH is 2. The van der Waals surface area contributed by atoms with Crippen molar-refractivity contribution in [2.75, 3.05) is 13.2 Å². The van der Waals surface area contributed by atoms with Crippen molar-refractivity contribution in [3.8, 4) is 0 Å². The molecular formula is C15H26N2O4. The lowest BCUT2D eigenvalue weighted by molar-refractivity contribution is 0.0543. The molecule has 6 heteroatoms. The molecule has 0 fully saturated rings. The van der Waals surface area contributed by atoms with Gasteiger partial charge in [0, 0.05) is 0 Å². The molecule has 6 nitrogen and oxygen atoms in total. The highest BCUT2D eigenvalue weighted by Gasteiger charge is 2.50. The van der Waals surface area contributed by atoms with Crippen LogP contribution in [0.15, 0.2) is 9.98 Å². The number of hydrogen-bond acceptors (Lipinski definition) is 6. The summed E-state index contributed by atoms with van der Waals surface area (Å²) in [6, 6.07) is -0.592. The number of rotatable bonds is 4. The molecule has 21 heavy (non-hydrogen) atoms. The Kier molecular flexibility index (Phi) is 3.83. The minimum absolute atomic E-state index is 0.0648. The molecule has 0 unspecified atom stereocenters. The van der Waals surface area contributed by atoms with Gasteiger partial charge < -0.3 is 19.7 Å².